The smallest absolute Gasteiger partial charge is 0.250 e. The second-order valence-corrected chi connectivity index (χ2v) is 3.05. The third kappa shape index (κ3) is 2.86. The van der Waals surface area contributed by atoms with Crippen LogP contribution in [0.25, 0.3) is 0 Å². The highest BCUT2D eigenvalue weighted by molar-refractivity contribution is 5.92. The normalized spacial score (nSPS) is 9.92. The van der Waals surface area contributed by atoms with Gasteiger partial charge in [-0.1, -0.05) is 13.3 Å². The summed E-state index contributed by atoms with van der Waals surface area (Å²) < 4.78 is 0. The molecule has 0 bridgehead atoms. The van der Waals surface area contributed by atoms with Crippen LogP contribution in [0.1, 0.15) is 35.7 Å². The van der Waals surface area contributed by atoms with E-state index in [2.05, 4.69) is 11.9 Å². The molecule has 0 aliphatic carbocycles. The van der Waals surface area contributed by atoms with E-state index in [1.807, 2.05) is 6.07 Å². The highest BCUT2D eigenvalue weighted by Gasteiger charge is 2.01. The molecule has 0 unspecified atom stereocenters. The molecule has 1 amide bonds. The van der Waals surface area contributed by atoms with Crippen LogP contribution >= 0.6 is 0 Å². The minimum Gasteiger partial charge on any atom is -0.366 e. The van der Waals surface area contributed by atoms with Crippen LogP contribution in [0, 0.1) is 0 Å². The van der Waals surface area contributed by atoms with Crippen molar-refractivity contribution >= 4 is 5.91 Å². The van der Waals surface area contributed by atoms with Gasteiger partial charge in [-0.25, -0.2) is 0 Å². The number of carbonyl (C=O) groups is 1. The van der Waals surface area contributed by atoms with Gasteiger partial charge in [0, 0.05) is 12.4 Å². The van der Waals surface area contributed by atoms with E-state index < -0.39 is 5.91 Å². The summed E-state index contributed by atoms with van der Waals surface area (Å²) in [5.74, 6) is -0.411. The van der Waals surface area contributed by atoms with Crippen LogP contribution in [-0.2, 0) is 6.42 Å². The molecule has 3 heteroatoms. The fourth-order valence-corrected chi connectivity index (χ4v) is 1.14. The Bertz CT molecular complexity index is 297. The molecule has 13 heavy (non-hydrogen) atoms. The SMILES string of the molecule is CCCCc1cncc(C(N)=O)c1. The molecule has 0 aromatic carbocycles. The summed E-state index contributed by atoms with van der Waals surface area (Å²) in [5, 5.41) is 0. The number of hydrogen-bond acceptors (Lipinski definition) is 2. The Morgan fingerprint density at radius 3 is 2.92 bits per heavy atom. The first-order chi connectivity index (χ1) is 6.24. The maximum Gasteiger partial charge on any atom is 0.250 e. The van der Waals surface area contributed by atoms with Crippen molar-refractivity contribution < 1.29 is 4.79 Å². The first kappa shape index (κ1) is 9.71. The zero-order valence-electron chi connectivity index (χ0n) is 7.79. The number of aryl methyl sites for hydroxylation is 1. The van der Waals surface area contributed by atoms with E-state index in [0.717, 1.165) is 24.8 Å². The first-order valence-corrected chi connectivity index (χ1v) is 4.47. The molecule has 0 saturated heterocycles. The molecule has 0 fully saturated rings. The van der Waals surface area contributed by atoms with E-state index in [9.17, 15) is 4.79 Å². The number of pyridine rings is 1. The van der Waals surface area contributed by atoms with Gasteiger partial charge in [0.05, 0.1) is 5.56 Å². The monoisotopic (exact) mass is 178 g/mol. The van der Waals surface area contributed by atoms with Gasteiger partial charge in [0.15, 0.2) is 0 Å². The number of aromatic nitrogens is 1. The van der Waals surface area contributed by atoms with E-state index in [0.29, 0.717) is 5.56 Å². The molecule has 3 nitrogen and oxygen atoms in total. The molecule has 0 radical (unpaired) electrons. The number of nitrogens with two attached hydrogens (primary N) is 1. The lowest BCUT2D eigenvalue weighted by Crippen LogP contribution is -2.11. The van der Waals surface area contributed by atoms with Gasteiger partial charge in [-0.2, -0.15) is 0 Å². The summed E-state index contributed by atoms with van der Waals surface area (Å²) >= 11 is 0. The third-order valence-electron chi connectivity index (χ3n) is 1.90. The maximum absolute atomic E-state index is 10.8. The molecule has 70 valence electrons. The summed E-state index contributed by atoms with van der Waals surface area (Å²) in [6.45, 7) is 2.13. The average molecular weight is 178 g/mol. The predicted molar refractivity (Wildman–Crippen MR) is 51.4 cm³/mol. The Morgan fingerprint density at radius 1 is 1.54 bits per heavy atom. The maximum atomic E-state index is 10.8. The van der Waals surface area contributed by atoms with Gasteiger partial charge in [-0.05, 0) is 24.5 Å². The highest BCUT2D eigenvalue weighted by Crippen LogP contribution is 2.05. The number of carbonyl (C=O) groups excluding carboxylic acids is 1. The number of amides is 1. The van der Waals surface area contributed by atoms with Crippen molar-refractivity contribution in [1.82, 2.24) is 4.98 Å². The summed E-state index contributed by atoms with van der Waals surface area (Å²) in [4.78, 5) is 14.8. The Balaban J connectivity index is 2.73. The van der Waals surface area contributed by atoms with Gasteiger partial charge in [0.1, 0.15) is 0 Å². The van der Waals surface area contributed by atoms with E-state index >= 15 is 0 Å². The molecule has 1 rings (SSSR count). The molecule has 0 aliphatic rings. The molecule has 0 aliphatic heterocycles. The van der Waals surface area contributed by atoms with Gasteiger partial charge < -0.3 is 5.73 Å². The quantitative estimate of drug-likeness (QED) is 0.760. The van der Waals surface area contributed by atoms with Crippen molar-refractivity contribution in [2.24, 2.45) is 5.73 Å². The largest absolute Gasteiger partial charge is 0.366 e. The molecule has 1 heterocycles. The number of hydrogen-bond donors (Lipinski definition) is 1. The summed E-state index contributed by atoms with van der Waals surface area (Å²) in [5.41, 5.74) is 6.71. The van der Waals surface area contributed by atoms with Gasteiger partial charge >= 0.3 is 0 Å². The lowest BCUT2D eigenvalue weighted by Gasteiger charge is -2.00. The topological polar surface area (TPSA) is 56.0 Å². The number of primary amides is 1. The molecule has 1 aromatic rings. The van der Waals surface area contributed by atoms with Crippen molar-refractivity contribution in [3.05, 3.63) is 29.6 Å². The summed E-state index contributed by atoms with van der Waals surface area (Å²) in [6, 6.07) is 1.81. The Kier molecular flexibility index (Phi) is 3.43. The summed E-state index contributed by atoms with van der Waals surface area (Å²) in [7, 11) is 0. The zero-order valence-corrected chi connectivity index (χ0v) is 7.79. The number of unbranched alkanes of at least 4 members (excludes halogenated alkanes) is 1. The van der Waals surface area contributed by atoms with Gasteiger partial charge in [-0.3, -0.25) is 9.78 Å². The van der Waals surface area contributed by atoms with Crippen molar-refractivity contribution in [3.8, 4) is 0 Å². The highest BCUT2D eigenvalue weighted by atomic mass is 16.1. The first-order valence-electron chi connectivity index (χ1n) is 4.47. The molecule has 0 saturated carbocycles. The predicted octanol–water partition coefficient (Wildman–Crippen LogP) is 1.52. The minimum absolute atomic E-state index is 0.411. The molecule has 0 spiro atoms. The van der Waals surface area contributed by atoms with E-state index in [4.69, 9.17) is 5.73 Å². The van der Waals surface area contributed by atoms with Crippen molar-refractivity contribution in [3.63, 3.8) is 0 Å². The second kappa shape index (κ2) is 4.60. The molecule has 2 N–H and O–H groups in total. The van der Waals surface area contributed by atoms with Gasteiger partial charge in [-0.15, -0.1) is 0 Å². The molecule has 1 aromatic heterocycles. The van der Waals surface area contributed by atoms with Crippen LogP contribution < -0.4 is 5.73 Å². The fraction of sp³-hybridized carbons (Fsp3) is 0.400. The molecule has 0 atom stereocenters. The van der Waals surface area contributed by atoms with Crippen molar-refractivity contribution in [2.75, 3.05) is 0 Å². The van der Waals surface area contributed by atoms with Crippen LogP contribution in [0.4, 0.5) is 0 Å². The second-order valence-electron chi connectivity index (χ2n) is 3.05. The van der Waals surface area contributed by atoms with E-state index in [1.165, 1.54) is 6.20 Å². The van der Waals surface area contributed by atoms with E-state index in [-0.39, 0.29) is 0 Å². The van der Waals surface area contributed by atoms with Crippen LogP contribution in [0.15, 0.2) is 18.5 Å². The standard InChI is InChI=1S/C10H14N2O/c1-2-3-4-8-5-9(10(11)13)7-12-6-8/h5-7H,2-4H2,1H3,(H2,11,13). The fourth-order valence-electron chi connectivity index (χ4n) is 1.14. The molecular formula is C10H14N2O. The Hall–Kier alpha value is -1.38. The lowest BCUT2D eigenvalue weighted by molar-refractivity contribution is 0.1000. The number of rotatable bonds is 4. The van der Waals surface area contributed by atoms with Gasteiger partial charge in [0.2, 0.25) is 5.91 Å². The number of nitrogens with zero attached hydrogens (tertiary/aromatic N) is 1. The lowest BCUT2D eigenvalue weighted by atomic mass is 10.1. The zero-order chi connectivity index (χ0) is 9.68. The molecular weight excluding hydrogens is 164 g/mol. The van der Waals surface area contributed by atoms with Crippen molar-refractivity contribution in [1.29, 1.82) is 0 Å². The Labute approximate surface area is 78.0 Å². The van der Waals surface area contributed by atoms with Crippen LogP contribution in [0.3, 0.4) is 0 Å². The average Bonchev–Trinajstić information content (AvgIpc) is 2.15. The third-order valence-corrected chi connectivity index (χ3v) is 1.90. The van der Waals surface area contributed by atoms with Crippen LogP contribution in [-0.4, -0.2) is 10.9 Å². The van der Waals surface area contributed by atoms with Crippen LogP contribution in [0.5, 0.6) is 0 Å². The van der Waals surface area contributed by atoms with Crippen molar-refractivity contribution in [2.45, 2.75) is 26.2 Å². The van der Waals surface area contributed by atoms with Gasteiger partial charge in [0.25, 0.3) is 0 Å². The van der Waals surface area contributed by atoms with Crippen LogP contribution in [0.2, 0.25) is 0 Å². The minimum atomic E-state index is -0.411. The summed E-state index contributed by atoms with van der Waals surface area (Å²) in [6.07, 6.45) is 6.50. The van der Waals surface area contributed by atoms with E-state index in [1.54, 1.807) is 6.20 Å². The Morgan fingerprint density at radius 2 is 2.31 bits per heavy atom.